The number of hydrogen-bond acceptors (Lipinski definition) is 5. The van der Waals surface area contributed by atoms with Crippen LogP contribution in [0.1, 0.15) is 12.8 Å². The number of carbonyl (C=O) groups is 2. The molecule has 1 aliphatic carbocycles. The van der Waals surface area contributed by atoms with Crippen LogP contribution in [0, 0.1) is 17.3 Å². The average Bonchev–Trinajstić information content (AvgIpc) is 3.30. The molecular weight excluding hydrogens is 432 g/mol. The van der Waals surface area contributed by atoms with Crippen LogP contribution in [0.15, 0.2) is 30.3 Å². The molecule has 2 amide bonds. The Morgan fingerprint density at radius 3 is 2.09 bits per heavy atom. The highest BCUT2D eigenvalue weighted by molar-refractivity contribution is 7.89. The van der Waals surface area contributed by atoms with E-state index in [0.717, 1.165) is 5.69 Å². The number of carboxylic acid groups (broad SMARTS) is 1. The van der Waals surface area contributed by atoms with Crippen molar-refractivity contribution in [1.82, 2.24) is 14.1 Å². The monoisotopic (exact) mass is 464 g/mol. The van der Waals surface area contributed by atoms with Crippen molar-refractivity contribution in [3.63, 3.8) is 0 Å². The van der Waals surface area contributed by atoms with Crippen molar-refractivity contribution >= 4 is 27.7 Å². The summed E-state index contributed by atoms with van der Waals surface area (Å²) in [5.74, 6) is -1.35. The van der Waals surface area contributed by atoms with Crippen molar-refractivity contribution < 1.29 is 23.1 Å². The molecule has 4 rings (SSSR count). The number of fused-ring (bicyclic) bond motifs is 1. The Kier molecular flexibility index (Phi) is 6.10. The third kappa shape index (κ3) is 4.30. The number of hydrogen-bond donors (Lipinski definition) is 1. The molecule has 10 heteroatoms. The molecule has 1 aromatic carbocycles. The predicted molar refractivity (Wildman–Crippen MR) is 121 cm³/mol. The van der Waals surface area contributed by atoms with Gasteiger partial charge in [-0.3, -0.25) is 4.79 Å². The van der Waals surface area contributed by atoms with Crippen LogP contribution in [0.2, 0.25) is 0 Å². The number of urea groups is 1. The van der Waals surface area contributed by atoms with E-state index in [1.807, 2.05) is 30.3 Å². The van der Waals surface area contributed by atoms with Crippen LogP contribution in [-0.2, 0) is 14.8 Å². The molecule has 2 aliphatic heterocycles. The maximum Gasteiger partial charge on any atom is 0.319 e. The van der Waals surface area contributed by atoms with Gasteiger partial charge >= 0.3 is 12.0 Å². The molecule has 3 aliphatic rings. The zero-order chi connectivity index (χ0) is 23.1. The summed E-state index contributed by atoms with van der Waals surface area (Å²) >= 11 is 0. The first-order valence-electron chi connectivity index (χ1n) is 11.1. The molecule has 2 saturated heterocycles. The second-order valence-electron chi connectivity index (χ2n) is 9.57. The lowest BCUT2D eigenvalue weighted by atomic mass is 9.87. The maximum atomic E-state index is 13.2. The number of para-hydroxylation sites is 1. The van der Waals surface area contributed by atoms with E-state index in [9.17, 15) is 23.1 Å². The summed E-state index contributed by atoms with van der Waals surface area (Å²) in [5, 5.41) is 10.1. The van der Waals surface area contributed by atoms with Gasteiger partial charge in [-0.05, 0) is 36.8 Å². The van der Waals surface area contributed by atoms with E-state index in [0.29, 0.717) is 52.1 Å². The SMILES string of the molecule is CN(C)C(=O)N1C[C@H]2CC(CS(=O)(=O)N3CCN(c4ccccc4)CC3)(C(=O)O)C[C@@H]2C1. The summed E-state index contributed by atoms with van der Waals surface area (Å²) in [6, 6.07) is 9.79. The Morgan fingerprint density at radius 2 is 1.59 bits per heavy atom. The van der Waals surface area contributed by atoms with Gasteiger partial charge in [0.05, 0.1) is 11.2 Å². The molecule has 1 saturated carbocycles. The lowest BCUT2D eigenvalue weighted by molar-refractivity contribution is -0.147. The lowest BCUT2D eigenvalue weighted by Gasteiger charge is -2.37. The van der Waals surface area contributed by atoms with Crippen molar-refractivity contribution in [2.75, 3.05) is 64.0 Å². The van der Waals surface area contributed by atoms with E-state index < -0.39 is 21.4 Å². The number of likely N-dealkylation sites (tertiary alicyclic amines) is 1. The zero-order valence-electron chi connectivity index (χ0n) is 18.7. The van der Waals surface area contributed by atoms with Crippen LogP contribution in [0.3, 0.4) is 0 Å². The molecule has 2 heterocycles. The Bertz CT molecular complexity index is 946. The molecule has 0 unspecified atom stereocenters. The van der Waals surface area contributed by atoms with Gasteiger partial charge < -0.3 is 19.8 Å². The third-order valence-electron chi connectivity index (χ3n) is 7.20. The standard InChI is InChI=1S/C22H32N4O5S/c1-23(2)21(29)25-14-17-12-22(20(27)28,13-18(17)15-25)16-32(30,31)26-10-8-24(9-11-26)19-6-4-3-5-7-19/h3-7,17-18H,8-16H2,1-2H3,(H,27,28)/t17-,18-/m1/s1. The lowest BCUT2D eigenvalue weighted by Crippen LogP contribution is -2.51. The van der Waals surface area contributed by atoms with E-state index in [-0.39, 0.29) is 23.6 Å². The zero-order valence-corrected chi connectivity index (χ0v) is 19.5. The summed E-state index contributed by atoms with van der Waals surface area (Å²) in [7, 11) is -0.320. The third-order valence-corrected chi connectivity index (χ3v) is 9.27. The van der Waals surface area contributed by atoms with Crippen LogP contribution in [0.25, 0.3) is 0 Å². The van der Waals surface area contributed by atoms with E-state index in [4.69, 9.17) is 0 Å². The Balaban J connectivity index is 1.41. The minimum Gasteiger partial charge on any atom is -0.481 e. The number of amides is 2. The minimum absolute atomic E-state index is 0.0279. The molecule has 0 bridgehead atoms. The summed E-state index contributed by atoms with van der Waals surface area (Å²) in [6.45, 7) is 2.85. The van der Waals surface area contributed by atoms with Crippen LogP contribution in [0.4, 0.5) is 10.5 Å². The normalized spacial score (nSPS) is 25.6. The van der Waals surface area contributed by atoms with Gasteiger partial charge in [0.1, 0.15) is 0 Å². The van der Waals surface area contributed by atoms with Crippen molar-refractivity contribution in [3.8, 4) is 0 Å². The summed E-state index contributed by atoms with van der Waals surface area (Å²) in [4.78, 5) is 30.0. The molecule has 176 valence electrons. The molecule has 2 atom stereocenters. The van der Waals surface area contributed by atoms with Crippen molar-refractivity contribution in [2.45, 2.75) is 12.8 Å². The van der Waals surface area contributed by atoms with E-state index in [1.54, 1.807) is 19.0 Å². The molecule has 1 aromatic rings. The van der Waals surface area contributed by atoms with E-state index >= 15 is 0 Å². The number of anilines is 1. The first kappa shape index (κ1) is 22.8. The maximum absolute atomic E-state index is 13.2. The smallest absolute Gasteiger partial charge is 0.319 e. The van der Waals surface area contributed by atoms with Gasteiger partial charge in [-0.2, -0.15) is 4.31 Å². The highest BCUT2D eigenvalue weighted by atomic mass is 32.2. The topological polar surface area (TPSA) is 101 Å². The number of carboxylic acids is 1. The van der Waals surface area contributed by atoms with Crippen molar-refractivity contribution in [1.29, 1.82) is 0 Å². The molecular formula is C22H32N4O5S. The van der Waals surface area contributed by atoms with Crippen molar-refractivity contribution in [2.24, 2.45) is 17.3 Å². The van der Waals surface area contributed by atoms with E-state index in [2.05, 4.69) is 4.90 Å². The Morgan fingerprint density at radius 1 is 1.03 bits per heavy atom. The number of aliphatic carboxylic acids is 1. The van der Waals surface area contributed by atoms with Crippen LogP contribution in [0.5, 0.6) is 0 Å². The molecule has 1 N–H and O–H groups in total. The fourth-order valence-corrected chi connectivity index (χ4v) is 7.55. The number of benzene rings is 1. The van der Waals surface area contributed by atoms with Gasteiger partial charge in [-0.25, -0.2) is 13.2 Å². The molecule has 32 heavy (non-hydrogen) atoms. The highest BCUT2D eigenvalue weighted by Gasteiger charge is 2.56. The number of sulfonamides is 1. The van der Waals surface area contributed by atoms with Gasteiger partial charge in [0, 0.05) is 59.1 Å². The van der Waals surface area contributed by atoms with Gasteiger partial charge in [-0.1, -0.05) is 18.2 Å². The summed E-state index contributed by atoms with van der Waals surface area (Å²) in [5.41, 5.74) is -0.218. The molecule has 0 aromatic heterocycles. The molecule has 0 radical (unpaired) electrons. The second kappa shape index (κ2) is 8.55. The van der Waals surface area contributed by atoms with Gasteiger partial charge in [0.2, 0.25) is 10.0 Å². The number of rotatable bonds is 5. The van der Waals surface area contributed by atoms with Crippen LogP contribution in [-0.4, -0.2) is 98.7 Å². The average molecular weight is 465 g/mol. The fourth-order valence-electron chi connectivity index (χ4n) is 5.59. The number of nitrogens with zero attached hydrogens (tertiary/aromatic N) is 4. The quantitative estimate of drug-likeness (QED) is 0.704. The predicted octanol–water partition coefficient (Wildman–Crippen LogP) is 1.23. The molecule has 3 fully saturated rings. The Labute approximate surface area is 189 Å². The number of carbonyl (C=O) groups excluding carboxylic acids is 1. The van der Waals surface area contributed by atoms with Crippen molar-refractivity contribution in [3.05, 3.63) is 30.3 Å². The largest absolute Gasteiger partial charge is 0.481 e. The molecule has 0 spiro atoms. The van der Waals surface area contributed by atoms with Gasteiger partial charge in [-0.15, -0.1) is 0 Å². The van der Waals surface area contributed by atoms with Crippen LogP contribution >= 0.6 is 0 Å². The number of piperazine rings is 1. The minimum atomic E-state index is -3.71. The van der Waals surface area contributed by atoms with Gasteiger partial charge in [0.25, 0.3) is 0 Å². The first-order chi connectivity index (χ1) is 15.1. The first-order valence-corrected chi connectivity index (χ1v) is 12.7. The summed E-state index contributed by atoms with van der Waals surface area (Å²) < 4.78 is 27.9. The van der Waals surface area contributed by atoms with Gasteiger partial charge in [0.15, 0.2) is 0 Å². The molecule has 9 nitrogen and oxygen atoms in total. The summed E-state index contributed by atoms with van der Waals surface area (Å²) in [6.07, 6.45) is 0.598. The van der Waals surface area contributed by atoms with E-state index in [1.165, 1.54) is 9.21 Å². The Hall–Kier alpha value is -2.33. The highest BCUT2D eigenvalue weighted by Crippen LogP contribution is 2.50. The fraction of sp³-hybridized carbons (Fsp3) is 0.636. The second-order valence-corrected chi connectivity index (χ2v) is 11.5. The van der Waals surface area contributed by atoms with Crippen LogP contribution < -0.4 is 4.90 Å².